The number of piperidine rings is 1. The topological polar surface area (TPSA) is 50.2 Å². The number of hydrogen-bond donors (Lipinski definition) is 1. The van der Waals surface area contributed by atoms with Gasteiger partial charge in [-0.15, -0.1) is 0 Å². The molecule has 1 aliphatic rings. The van der Waals surface area contributed by atoms with Crippen molar-refractivity contribution in [1.29, 1.82) is 0 Å². The second kappa shape index (κ2) is 6.54. The minimum atomic E-state index is 0.268. The molecule has 0 radical (unpaired) electrons. The third-order valence-electron chi connectivity index (χ3n) is 3.51. The van der Waals surface area contributed by atoms with E-state index in [2.05, 4.69) is 10.3 Å². The summed E-state index contributed by atoms with van der Waals surface area (Å²) >= 11 is 0. The molecule has 1 aromatic heterocycles. The number of nitrogens with zero attached hydrogens (tertiary/aromatic N) is 3. The summed E-state index contributed by atoms with van der Waals surface area (Å²) in [7, 11) is 1.97. The number of imidazole rings is 1. The van der Waals surface area contributed by atoms with E-state index in [1.807, 2.05) is 22.7 Å². The zero-order valence-corrected chi connectivity index (χ0v) is 11.0. The van der Waals surface area contributed by atoms with Crippen LogP contribution in [0.1, 0.15) is 19.3 Å². The first-order valence-electron chi connectivity index (χ1n) is 6.67. The first-order chi connectivity index (χ1) is 8.79. The van der Waals surface area contributed by atoms with Gasteiger partial charge in [-0.05, 0) is 32.4 Å². The summed E-state index contributed by atoms with van der Waals surface area (Å²) in [5.74, 6) is 0.880. The van der Waals surface area contributed by atoms with Gasteiger partial charge in [0, 0.05) is 38.4 Å². The number of aryl methyl sites for hydroxylation is 1. The molecule has 2 rings (SSSR count). The normalized spacial score (nSPS) is 20.1. The van der Waals surface area contributed by atoms with Gasteiger partial charge in [-0.25, -0.2) is 4.98 Å². The molecule has 1 atom stereocenters. The first-order valence-corrected chi connectivity index (χ1v) is 6.67. The molecule has 1 amide bonds. The molecule has 0 saturated carbocycles. The van der Waals surface area contributed by atoms with Crippen molar-refractivity contribution in [3.63, 3.8) is 0 Å². The summed E-state index contributed by atoms with van der Waals surface area (Å²) in [6.07, 6.45) is 8.33. The zero-order chi connectivity index (χ0) is 12.8. The van der Waals surface area contributed by atoms with Gasteiger partial charge in [0.25, 0.3) is 0 Å². The first kappa shape index (κ1) is 13.1. The Bertz CT molecular complexity index is 361. The van der Waals surface area contributed by atoms with Gasteiger partial charge in [-0.1, -0.05) is 0 Å². The lowest BCUT2D eigenvalue weighted by molar-refractivity contribution is -0.133. The van der Waals surface area contributed by atoms with Gasteiger partial charge < -0.3 is 14.8 Å². The maximum atomic E-state index is 12.1. The fourth-order valence-electron chi connectivity index (χ4n) is 2.55. The molecule has 5 heteroatoms. The van der Waals surface area contributed by atoms with E-state index in [9.17, 15) is 4.79 Å². The molecular weight excluding hydrogens is 228 g/mol. The molecule has 0 spiro atoms. The van der Waals surface area contributed by atoms with Gasteiger partial charge in [-0.3, -0.25) is 4.79 Å². The van der Waals surface area contributed by atoms with Crippen molar-refractivity contribution in [2.45, 2.75) is 25.8 Å². The quantitative estimate of drug-likeness (QED) is 0.838. The van der Waals surface area contributed by atoms with E-state index in [0.717, 1.165) is 32.6 Å². The van der Waals surface area contributed by atoms with Crippen LogP contribution < -0.4 is 5.32 Å². The Hall–Kier alpha value is -1.36. The van der Waals surface area contributed by atoms with Crippen molar-refractivity contribution < 1.29 is 4.79 Å². The van der Waals surface area contributed by atoms with Crippen LogP contribution in [0.4, 0.5) is 0 Å². The van der Waals surface area contributed by atoms with E-state index >= 15 is 0 Å². The molecule has 100 valence electrons. The molecular formula is C13H22N4O. The van der Waals surface area contributed by atoms with Crippen LogP contribution in [0.3, 0.4) is 0 Å². The van der Waals surface area contributed by atoms with Crippen molar-refractivity contribution >= 4 is 5.91 Å². The van der Waals surface area contributed by atoms with Crippen molar-refractivity contribution in [2.75, 3.05) is 26.7 Å². The highest BCUT2D eigenvalue weighted by Crippen LogP contribution is 2.16. The van der Waals surface area contributed by atoms with Crippen LogP contribution in [0, 0.1) is 5.92 Å². The lowest BCUT2D eigenvalue weighted by Crippen LogP contribution is -2.42. The Morgan fingerprint density at radius 1 is 1.56 bits per heavy atom. The van der Waals surface area contributed by atoms with Crippen LogP contribution >= 0.6 is 0 Å². The van der Waals surface area contributed by atoms with Gasteiger partial charge in [0.15, 0.2) is 0 Å². The molecule has 1 fully saturated rings. The van der Waals surface area contributed by atoms with E-state index in [1.54, 1.807) is 12.5 Å². The maximum absolute atomic E-state index is 12.1. The van der Waals surface area contributed by atoms with E-state index in [0.29, 0.717) is 12.3 Å². The standard InChI is InChI=1S/C13H22N4O/c1-14-9-12-3-2-6-17(10-12)13(18)4-7-16-8-5-15-11-16/h5,8,11-12,14H,2-4,6-7,9-10H2,1H3. The summed E-state index contributed by atoms with van der Waals surface area (Å²) < 4.78 is 1.95. The largest absolute Gasteiger partial charge is 0.342 e. The van der Waals surface area contributed by atoms with Gasteiger partial charge in [0.05, 0.1) is 6.33 Å². The Kier molecular flexibility index (Phi) is 4.75. The fourth-order valence-corrected chi connectivity index (χ4v) is 2.55. The monoisotopic (exact) mass is 250 g/mol. The number of hydrogen-bond acceptors (Lipinski definition) is 3. The van der Waals surface area contributed by atoms with Crippen LogP contribution in [0.25, 0.3) is 0 Å². The highest BCUT2D eigenvalue weighted by molar-refractivity contribution is 5.76. The summed E-state index contributed by atoms with van der Waals surface area (Å²) in [6.45, 7) is 3.56. The minimum absolute atomic E-state index is 0.268. The summed E-state index contributed by atoms with van der Waals surface area (Å²) in [5, 5.41) is 3.20. The Morgan fingerprint density at radius 2 is 2.44 bits per heavy atom. The van der Waals surface area contributed by atoms with Crippen molar-refractivity contribution in [3.8, 4) is 0 Å². The average molecular weight is 250 g/mol. The number of carbonyl (C=O) groups excluding carboxylic acids is 1. The number of carbonyl (C=O) groups is 1. The molecule has 0 aromatic carbocycles. The van der Waals surface area contributed by atoms with Crippen LogP contribution in [0.5, 0.6) is 0 Å². The number of nitrogens with one attached hydrogen (secondary N) is 1. The van der Waals surface area contributed by atoms with E-state index in [4.69, 9.17) is 0 Å². The third-order valence-corrected chi connectivity index (χ3v) is 3.51. The maximum Gasteiger partial charge on any atom is 0.224 e. The highest BCUT2D eigenvalue weighted by atomic mass is 16.2. The van der Waals surface area contributed by atoms with Crippen molar-refractivity contribution in [1.82, 2.24) is 19.8 Å². The molecule has 18 heavy (non-hydrogen) atoms. The number of rotatable bonds is 5. The molecule has 1 N–H and O–H groups in total. The Labute approximate surface area is 108 Å². The van der Waals surface area contributed by atoms with Crippen LogP contribution in [0.15, 0.2) is 18.7 Å². The zero-order valence-electron chi connectivity index (χ0n) is 11.0. The number of amides is 1. The third kappa shape index (κ3) is 3.57. The number of likely N-dealkylation sites (tertiary alicyclic amines) is 1. The van der Waals surface area contributed by atoms with E-state index < -0.39 is 0 Å². The summed E-state index contributed by atoms with van der Waals surface area (Å²) in [4.78, 5) is 18.1. The fraction of sp³-hybridized carbons (Fsp3) is 0.692. The lowest BCUT2D eigenvalue weighted by Gasteiger charge is -2.32. The van der Waals surface area contributed by atoms with Crippen molar-refractivity contribution in [3.05, 3.63) is 18.7 Å². The second-order valence-electron chi connectivity index (χ2n) is 4.96. The highest BCUT2D eigenvalue weighted by Gasteiger charge is 2.22. The SMILES string of the molecule is CNCC1CCCN(C(=O)CCn2ccnc2)C1. The smallest absolute Gasteiger partial charge is 0.224 e. The van der Waals surface area contributed by atoms with Crippen LogP contribution in [-0.2, 0) is 11.3 Å². The molecule has 1 aliphatic heterocycles. The van der Waals surface area contributed by atoms with Crippen LogP contribution in [0.2, 0.25) is 0 Å². The number of aromatic nitrogens is 2. The molecule has 0 aliphatic carbocycles. The molecule has 0 bridgehead atoms. The van der Waals surface area contributed by atoms with Gasteiger partial charge in [0.1, 0.15) is 0 Å². The Balaban J connectivity index is 1.77. The van der Waals surface area contributed by atoms with Gasteiger partial charge >= 0.3 is 0 Å². The van der Waals surface area contributed by atoms with Gasteiger partial charge in [-0.2, -0.15) is 0 Å². The predicted molar refractivity (Wildman–Crippen MR) is 70.1 cm³/mol. The summed E-state index contributed by atoms with van der Waals surface area (Å²) in [5.41, 5.74) is 0. The Morgan fingerprint density at radius 3 is 3.17 bits per heavy atom. The minimum Gasteiger partial charge on any atom is -0.342 e. The van der Waals surface area contributed by atoms with Crippen LogP contribution in [-0.4, -0.2) is 47.0 Å². The average Bonchev–Trinajstić information content (AvgIpc) is 2.90. The second-order valence-corrected chi connectivity index (χ2v) is 4.96. The summed E-state index contributed by atoms with van der Waals surface area (Å²) in [6, 6.07) is 0. The van der Waals surface area contributed by atoms with Crippen molar-refractivity contribution in [2.24, 2.45) is 5.92 Å². The van der Waals surface area contributed by atoms with Gasteiger partial charge in [0.2, 0.25) is 5.91 Å². The predicted octanol–water partition coefficient (Wildman–Crippen LogP) is 0.731. The van der Waals surface area contributed by atoms with E-state index in [1.165, 1.54) is 6.42 Å². The molecule has 1 unspecified atom stereocenters. The molecule has 2 heterocycles. The molecule has 5 nitrogen and oxygen atoms in total. The molecule has 1 saturated heterocycles. The van der Waals surface area contributed by atoms with E-state index in [-0.39, 0.29) is 5.91 Å². The molecule has 1 aromatic rings. The lowest BCUT2D eigenvalue weighted by atomic mass is 9.98.